The molecule has 188 valence electrons. The number of allylic oxidation sites excluding steroid dienone is 2. The number of likely N-dealkylation sites (N-methyl/N-ethyl adjacent to an activating group) is 1. The van der Waals surface area contributed by atoms with Crippen molar-refractivity contribution in [2.24, 2.45) is 0 Å². The molecular weight excluding hydrogens is 488 g/mol. The van der Waals surface area contributed by atoms with Crippen molar-refractivity contribution in [1.82, 2.24) is 4.72 Å². The van der Waals surface area contributed by atoms with E-state index in [4.69, 9.17) is 14.7 Å². The van der Waals surface area contributed by atoms with E-state index >= 15 is 0 Å². The van der Waals surface area contributed by atoms with Crippen LogP contribution in [0.5, 0.6) is 0 Å². The third kappa shape index (κ3) is 8.64. The Morgan fingerprint density at radius 1 is 1.00 bits per heavy atom. The van der Waals surface area contributed by atoms with Gasteiger partial charge < -0.3 is 4.90 Å². The molecule has 0 saturated carbocycles. The van der Waals surface area contributed by atoms with Gasteiger partial charge in [0.1, 0.15) is 17.7 Å². The van der Waals surface area contributed by atoms with E-state index in [0.717, 1.165) is 22.0 Å². The van der Waals surface area contributed by atoms with Crippen LogP contribution >= 0.6 is 0 Å². The summed E-state index contributed by atoms with van der Waals surface area (Å²) in [7, 11) is -5.27. The Bertz CT molecular complexity index is 1350. The first kappa shape index (κ1) is 28.3. The van der Waals surface area contributed by atoms with Gasteiger partial charge in [-0.1, -0.05) is 25.1 Å². The summed E-state index contributed by atoms with van der Waals surface area (Å²) in [6, 6.07) is 15.3. The number of nitriles is 2. The number of fused-ring (bicyclic) bond motifs is 1. The van der Waals surface area contributed by atoms with Crippen molar-refractivity contribution in [3.8, 4) is 12.1 Å². The van der Waals surface area contributed by atoms with E-state index in [-0.39, 0.29) is 36.5 Å². The molecule has 0 fully saturated rings. The standard InChI is InChI=1S/C24H30N4O5S2/c1-4-27-34(29,30)13-5-6-14-35(31,32)33-12-11-28(3)24-10-9-21-15-20(7-8-22(21)16-24)19(2)23(17-25)18-26/h7-10,15-16,27H,4-6,11-14H2,1-3H3. The molecule has 0 atom stereocenters. The average Bonchev–Trinajstić information content (AvgIpc) is 2.81. The van der Waals surface area contributed by atoms with E-state index in [9.17, 15) is 16.8 Å². The highest BCUT2D eigenvalue weighted by atomic mass is 32.2. The molecule has 0 radical (unpaired) electrons. The van der Waals surface area contributed by atoms with Gasteiger partial charge in [0, 0.05) is 25.8 Å². The number of rotatable bonds is 13. The molecule has 0 unspecified atom stereocenters. The Balaban J connectivity index is 1.93. The van der Waals surface area contributed by atoms with Crippen LogP contribution in [0.3, 0.4) is 0 Å². The smallest absolute Gasteiger partial charge is 0.267 e. The Morgan fingerprint density at radius 2 is 1.63 bits per heavy atom. The fourth-order valence-corrected chi connectivity index (χ4v) is 5.57. The summed E-state index contributed by atoms with van der Waals surface area (Å²) in [6.07, 6.45) is 0.439. The second-order valence-electron chi connectivity index (χ2n) is 8.00. The molecule has 35 heavy (non-hydrogen) atoms. The molecule has 2 aromatic rings. The van der Waals surface area contributed by atoms with Crippen molar-refractivity contribution < 1.29 is 21.0 Å². The van der Waals surface area contributed by atoms with Crippen LogP contribution in [0, 0.1) is 22.7 Å². The van der Waals surface area contributed by atoms with Crippen molar-refractivity contribution in [3.05, 3.63) is 47.5 Å². The van der Waals surface area contributed by atoms with E-state index in [1.165, 1.54) is 0 Å². The van der Waals surface area contributed by atoms with E-state index < -0.39 is 20.1 Å². The summed E-state index contributed by atoms with van der Waals surface area (Å²) in [4.78, 5) is 1.88. The van der Waals surface area contributed by atoms with E-state index in [0.29, 0.717) is 18.7 Å². The van der Waals surface area contributed by atoms with Crippen LogP contribution in [0.1, 0.15) is 32.3 Å². The molecule has 0 heterocycles. The Kier molecular flexibility index (Phi) is 10.2. The molecule has 0 spiro atoms. The molecule has 2 aromatic carbocycles. The lowest BCUT2D eigenvalue weighted by atomic mass is 9.99. The van der Waals surface area contributed by atoms with Crippen LogP contribution in [0.4, 0.5) is 5.69 Å². The molecule has 0 saturated heterocycles. The molecule has 0 bridgehead atoms. The fourth-order valence-electron chi connectivity index (χ4n) is 3.39. The summed E-state index contributed by atoms with van der Waals surface area (Å²) in [6.45, 7) is 4.04. The summed E-state index contributed by atoms with van der Waals surface area (Å²) in [5.74, 6) is -0.347. The van der Waals surface area contributed by atoms with Gasteiger partial charge in [-0.25, -0.2) is 13.1 Å². The first-order chi connectivity index (χ1) is 16.5. The molecule has 11 heteroatoms. The largest absolute Gasteiger partial charge is 0.372 e. The van der Waals surface area contributed by atoms with Crippen LogP contribution in [0.15, 0.2) is 42.0 Å². The molecule has 0 aromatic heterocycles. The predicted octanol–water partition coefficient (Wildman–Crippen LogP) is 3.16. The summed E-state index contributed by atoms with van der Waals surface area (Å²) in [5.41, 5.74) is 2.38. The van der Waals surface area contributed by atoms with Crippen molar-refractivity contribution in [3.63, 3.8) is 0 Å². The normalized spacial score (nSPS) is 11.6. The minimum Gasteiger partial charge on any atom is -0.372 e. The SMILES string of the molecule is CCNS(=O)(=O)CCCCS(=O)(=O)OCCN(C)c1ccc2cc(C(C)=C(C#N)C#N)ccc2c1. The van der Waals surface area contributed by atoms with E-state index in [1.807, 2.05) is 60.5 Å². The molecule has 2 rings (SSSR count). The molecule has 1 N–H and O–H groups in total. The van der Waals surface area contributed by atoms with Gasteiger partial charge in [0.25, 0.3) is 10.1 Å². The molecule has 0 aliphatic rings. The van der Waals surface area contributed by atoms with Crippen LogP contribution in [-0.2, 0) is 24.3 Å². The highest BCUT2D eigenvalue weighted by molar-refractivity contribution is 7.89. The minimum absolute atomic E-state index is 0.0272. The monoisotopic (exact) mass is 518 g/mol. The van der Waals surface area contributed by atoms with Gasteiger partial charge >= 0.3 is 0 Å². The third-order valence-corrected chi connectivity index (χ3v) is 8.28. The van der Waals surface area contributed by atoms with Gasteiger partial charge in [-0.05, 0) is 59.9 Å². The fraction of sp³-hybridized carbons (Fsp3) is 0.417. The van der Waals surface area contributed by atoms with Gasteiger partial charge in [0.15, 0.2) is 0 Å². The Labute approximate surface area is 207 Å². The third-order valence-electron chi connectivity index (χ3n) is 5.41. The van der Waals surface area contributed by atoms with Crippen molar-refractivity contribution >= 4 is 42.2 Å². The molecule has 0 aliphatic carbocycles. The van der Waals surface area contributed by atoms with Gasteiger partial charge in [0.2, 0.25) is 10.0 Å². The number of hydrogen-bond donors (Lipinski definition) is 1. The maximum absolute atomic E-state index is 12.1. The number of benzene rings is 2. The first-order valence-electron chi connectivity index (χ1n) is 11.1. The summed E-state index contributed by atoms with van der Waals surface area (Å²) < 4.78 is 54.8. The highest BCUT2D eigenvalue weighted by Gasteiger charge is 2.14. The first-order valence-corrected chi connectivity index (χ1v) is 14.4. The number of nitrogens with one attached hydrogen (secondary N) is 1. The lowest BCUT2D eigenvalue weighted by molar-refractivity contribution is 0.325. The van der Waals surface area contributed by atoms with Crippen LogP contribution in [0.2, 0.25) is 0 Å². The second kappa shape index (κ2) is 12.7. The van der Waals surface area contributed by atoms with E-state index in [1.54, 1.807) is 13.8 Å². The van der Waals surface area contributed by atoms with Crippen LogP contribution in [0.25, 0.3) is 16.3 Å². The quantitative estimate of drug-likeness (QED) is 0.242. The minimum atomic E-state index is -3.74. The van der Waals surface area contributed by atoms with Gasteiger partial charge in [-0.3, -0.25) is 4.18 Å². The summed E-state index contributed by atoms with van der Waals surface area (Å²) >= 11 is 0. The average molecular weight is 519 g/mol. The summed E-state index contributed by atoms with van der Waals surface area (Å²) in [5, 5.41) is 20.1. The van der Waals surface area contributed by atoms with E-state index in [2.05, 4.69) is 4.72 Å². The number of nitrogens with zero attached hydrogens (tertiary/aromatic N) is 3. The second-order valence-corrected chi connectivity index (χ2v) is 11.7. The molecule has 0 amide bonds. The predicted molar refractivity (Wildman–Crippen MR) is 137 cm³/mol. The molecular formula is C24H30N4O5S2. The zero-order chi connectivity index (χ0) is 26.1. The lowest BCUT2D eigenvalue weighted by Crippen LogP contribution is -2.26. The number of unbranched alkanes of at least 4 members (excludes halogenated alkanes) is 1. The van der Waals surface area contributed by atoms with Crippen LogP contribution in [-0.4, -0.2) is 55.1 Å². The maximum Gasteiger partial charge on any atom is 0.267 e. The topological polar surface area (TPSA) is 140 Å². The van der Waals surface area contributed by atoms with Crippen molar-refractivity contribution in [2.45, 2.75) is 26.7 Å². The number of sulfonamides is 1. The maximum atomic E-state index is 12.1. The van der Waals surface area contributed by atoms with Gasteiger partial charge in [-0.2, -0.15) is 18.9 Å². The lowest BCUT2D eigenvalue weighted by Gasteiger charge is -2.20. The molecule has 0 aliphatic heterocycles. The van der Waals surface area contributed by atoms with Gasteiger partial charge in [-0.15, -0.1) is 0 Å². The molecule has 9 nitrogen and oxygen atoms in total. The number of anilines is 1. The Morgan fingerprint density at radius 3 is 2.29 bits per heavy atom. The zero-order valence-corrected chi connectivity index (χ0v) is 21.7. The van der Waals surface area contributed by atoms with Crippen LogP contribution < -0.4 is 9.62 Å². The highest BCUT2D eigenvalue weighted by Crippen LogP contribution is 2.26. The van der Waals surface area contributed by atoms with Crippen molar-refractivity contribution in [1.29, 1.82) is 10.5 Å². The zero-order valence-electron chi connectivity index (χ0n) is 20.1. The Hall–Kier alpha value is -2.96. The van der Waals surface area contributed by atoms with Gasteiger partial charge in [0.05, 0.1) is 18.1 Å². The van der Waals surface area contributed by atoms with Crippen molar-refractivity contribution in [2.75, 3.05) is 43.1 Å². The number of hydrogen-bond acceptors (Lipinski definition) is 8.